The standard InChI is InChI=1S/C47H84O10/c1-3-5-7-9-11-13-15-17-19-20-22-24-26-28-30-32-34-36-43(50)56-40(39-55-47-46(53)45(52)44(51)41(37-48)57-47)38-54-42(49)35-33-31-29-27-25-23-21-18-16-14-12-10-8-6-4-2/h11,13,17-19,21,40-41,44-48,51-53H,3-10,12,14-16,20,22-39H2,1-2H3/b13-11-,19-17-,21-18-. The number of unbranched alkanes of at least 4 members (excludes halogenated alkanes) is 21. The molecule has 0 spiro atoms. The minimum absolute atomic E-state index is 0.219. The number of ether oxygens (including phenoxy) is 4. The third kappa shape index (κ3) is 29.7. The van der Waals surface area contributed by atoms with Gasteiger partial charge in [0.25, 0.3) is 0 Å². The highest BCUT2D eigenvalue weighted by Gasteiger charge is 2.44. The maximum Gasteiger partial charge on any atom is 0.306 e. The molecule has 4 N–H and O–H groups in total. The van der Waals surface area contributed by atoms with Crippen molar-refractivity contribution in [3.8, 4) is 0 Å². The molecule has 1 heterocycles. The van der Waals surface area contributed by atoms with Gasteiger partial charge < -0.3 is 39.4 Å². The molecule has 6 atom stereocenters. The fraction of sp³-hybridized carbons (Fsp3) is 0.830. The average Bonchev–Trinajstić information content (AvgIpc) is 3.21. The van der Waals surface area contributed by atoms with Gasteiger partial charge in [-0.25, -0.2) is 0 Å². The zero-order valence-corrected chi connectivity index (χ0v) is 36.1. The Hall–Kier alpha value is -2.08. The van der Waals surface area contributed by atoms with Gasteiger partial charge in [0.05, 0.1) is 13.2 Å². The van der Waals surface area contributed by atoms with Crippen LogP contribution in [0.15, 0.2) is 36.5 Å². The predicted octanol–water partition coefficient (Wildman–Crippen LogP) is 9.89. The largest absolute Gasteiger partial charge is 0.462 e. The van der Waals surface area contributed by atoms with Crippen LogP contribution in [0.3, 0.4) is 0 Å². The first-order valence-electron chi connectivity index (χ1n) is 23.1. The van der Waals surface area contributed by atoms with E-state index >= 15 is 0 Å². The number of aliphatic hydroxyl groups is 4. The molecular formula is C47H84O10. The summed E-state index contributed by atoms with van der Waals surface area (Å²) in [7, 11) is 0. The Kier molecular flexibility index (Phi) is 35.4. The van der Waals surface area contributed by atoms with Crippen LogP contribution >= 0.6 is 0 Å². The molecule has 10 heteroatoms. The molecule has 0 aromatic rings. The second kappa shape index (κ2) is 38.1. The molecule has 10 nitrogen and oxygen atoms in total. The summed E-state index contributed by atoms with van der Waals surface area (Å²) >= 11 is 0. The number of esters is 2. The van der Waals surface area contributed by atoms with E-state index in [-0.39, 0.29) is 32.0 Å². The molecule has 0 saturated carbocycles. The molecule has 0 amide bonds. The fourth-order valence-electron chi connectivity index (χ4n) is 6.80. The minimum Gasteiger partial charge on any atom is -0.462 e. The Morgan fingerprint density at radius 2 is 0.982 bits per heavy atom. The Morgan fingerprint density at radius 1 is 0.544 bits per heavy atom. The van der Waals surface area contributed by atoms with Crippen molar-refractivity contribution in [2.45, 2.75) is 230 Å². The van der Waals surface area contributed by atoms with Crippen LogP contribution in [0.25, 0.3) is 0 Å². The van der Waals surface area contributed by atoms with Crippen LogP contribution in [0, 0.1) is 0 Å². The predicted molar refractivity (Wildman–Crippen MR) is 229 cm³/mol. The summed E-state index contributed by atoms with van der Waals surface area (Å²) in [5, 5.41) is 40.1. The topological polar surface area (TPSA) is 152 Å². The van der Waals surface area contributed by atoms with Crippen molar-refractivity contribution in [3.63, 3.8) is 0 Å². The van der Waals surface area contributed by atoms with Crippen molar-refractivity contribution in [3.05, 3.63) is 36.5 Å². The van der Waals surface area contributed by atoms with E-state index in [9.17, 15) is 30.0 Å². The third-order valence-corrected chi connectivity index (χ3v) is 10.5. The highest BCUT2D eigenvalue weighted by Crippen LogP contribution is 2.22. The van der Waals surface area contributed by atoms with E-state index in [1.807, 2.05) is 0 Å². The number of carbonyl (C=O) groups excluding carboxylic acids is 2. The molecule has 1 rings (SSSR count). The van der Waals surface area contributed by atoms with Crippen LogP contribution < -0.4 is 0 Å². The Labute approximate surface area is 346 Å². The second-order valence-electron chi connectivity index (χ2n) is 15.8. The number of hydrogen-bond acceptors (Lipinski definition) is 10. The van der Waals surface area contributed by atoms with Gasteiger partial charge in [0.1, 0.15) is 31.0 Å². The molecule has 1 saturated heterocycles. The summed E-state index contributed by atoms with van der Waals surface area (Å²) in [5.41, 5.74) is 0. The maximum atomic E-state index is 12.8. The highest BCUT2D eigenvalue weighted by atomic mass is 16.7. The van der Waals surface area contributed by atoms with Gasteiger partial charge >= 0.3 is 11.9 Å². The molecular weight excluding hydrogens is 725 g/mol. The molecule has 57 heavy (non-hydrogen) atoms. The number of allylic oxidation sites excluding steroid dienone is 6. The monoisotopic (exact) mass is 809 g/mol. The first-order valence-corrected chi connectivity index (χ1v) is 23.1. The lowest BCUT2D eigenvalue weighted by Crippen LogP contribution is -2.59. The van der Waals surface area contributed by atoms with Gasteiger partial charge in [0.15, 0.2) is 12.4 Å². The van der Waals surface area contributed by atoms with Gasteiger partial charge in [-0.3, -0.25) is 9.59 Å². The quantitative estimate of drug-likeness (QED) is 0.0270. The summed E-state index contributed by atoms with van der Waals surface area (Å²) in [4.78, 5) is 25.3. The summed E-state index contributed by atoms with van der Waals surface area (Å²) in [5.74, 6) is -0.823. The zero-order valence-electron chi connectivity index (χ0n) is 36.1. The van der Waals surface area contributed by atoms with E-state index in [0.717, 1.165) is 64.2 Å². The molecule has 6 unspecified atom stereocenters. The maximum absolute atomic E-state index is 12.8. The van der Waals surface area contributed by atoms with E-state index in [1.165, 1.54) is 89.9 Å². The molecule has 1 aliphatic heterocycles. The highest BCUT2D eigenvalue weighted by molar-refractivity contribution is 5.70. The smallest absolute Gasteiger partial charge is 0.306 e. The van der Waals surface area contributed by atoms with Crippen molar-refractivity contribution in [1.82, 2.24) is 0 Å². The summed E-state index contributed by atoms with van der Waals surface area (Å²) < 4.78 is 22.2. The molecule has 0 aromatic heterocycles. The lowest BCUT2D eigenvalue weighted by atomic mass is 9.99. The van der Waals surface area contributed by atoms with Gasteiger partial charge in [-0.15, -0.1) is 0 Å². The second-order valence-corrected chi connectivity index (χ2v) is 15.8. The van der Waals surface area contributed by atoms with E-state index in [0.29, 0.717) is 12.8 Å². The summed E-state index contributed by atoms with van der Waals surface area (Å²) in [6.45, 7) is 3.38. The van der Waals surface area contributed by atoms with Crippen molar-refractivity contribution >= 4 is 11.9 Å². The van der Waals surface area contributed by atoms with Crippen molar-refractivity contribution in [1.29, 1.82) is 0 Å². The van der Waals surface area contributed by atoms with Gasteiger partial charge in [-0.1, -0.05) is 147 Å². The first kappa shape index (κ1) is 52.9. The number of hydrogen-bond donors (Lipinski definition) is 4. The minimum atomic E-state index is -1.60. The number of carbonyl (C=O) groups is 2. The molecule has 1 fully saturated rings. The summed E-state index contributed by atoms with van der Waals surface area (Å²) in [6, 6.07) is 0. The van der Waals surface area contributed by atoms with Crippen LogP contribution in [0.4, 0.5) is 0 Å². The summed E-state index contributed by atoms with van der Waals surface area (Å²) in [6.07, 6.45) is 35.7. The average molecular weight is 809 g/mol. The lowest BCUT2D eigenvalue weighted by molar-refractivity contribution is -0.305. The van der Waals surface area contributed by atoms with Gasteiger partial charge in [-0.2, -0.15) is 0 Å². The number of aliphatic hydroxyl groups excluding tert-OH is 4. The molecule has 0 radical (unpaired) electrons. The van der Waals surface area contributed by atoms with Crippen molar-refractivity contribution in [2.75, 3.05) is 19.8 Å². The zero-order chi connectivity index (χ0) is 41.6. The molecule has 332 valence electrons. The molecule has 0 aliphatic carbocycles. The molecule has 1 aliphatic rings. The van der Waals surface area contributed by atoms with E-state index < -0.39 is 49.4 Å². The first-order chi connectivity index (χ1) is 27.8. The van der Waals surface area contributed by atoms with Crippen LogP contribution in [-0.2, 0) is 28.5 Å². The Bertz CT molecular complexity index is 1030. The van der Waals surface area contributed by atoms with Crippen molar-refractivity contribution in [2.24, 2.45) is 0 Å². The van der Waals surface area contributed by atoms with Crippen LogP contribution in [-0.4, -0.2) is 89.0 Å². The van der Waals surface area contributed by atoms with Crippen molar-refractivity contribution < 1.29 is 49.0 Å². The lowest BCUT2D eigenvalue weighted by Gasteiger charge is -2.39. The number of rotatable bonds is 38. The van der Waals surface area contributed by atoms with Crippen LogP contribution in [0.2, 0.25) is 0 Å². The van der Waals surface area contributed by atoms with E-state index in [1.54, 1.807) is 0 Å². The SMILES string of the molecule is CCCCC/C=C\C/C=C\CCCCCCCCCC(=O)OC(COC(=O)CCCCCCC/C=C\CCCCCCCC)COC1OC(CO)C(O)C(O)C1O. The van der Waals surface area contributed by atoms with Crippen LogP contribution in [0.1, 0.15) is 194 Å². The van der Waals surface area contributed by atoms with E-state index in [2.05, 4.69) is 50.3 Å². The van der Waals surface area contributed by atoms with Gasteiger partial charge in [0, 0.05) is 12.8 Å². The Balaban J connectivity index is 2.33. The van der Waals surface area contributed by atoms with E-state index in [4.69, 9.17) is 18.9 Å². The normalized spacial score (nSPS) is 20.6. The molecule has 0 aromatic carbocycles. The fourth-order valence-corrected chi connectivity index (χ4v) is 6.80. The molecule has 0 bridgehead atoms. The van der Waals surface area contributed by atoms with Gasteiger partial charge in [-0.05, 0) is 70.6 Å². The third-order valence-electron chi connectivity index (χ3n) is 10.5. The Morgan fingerprint density at radius 3 is 1.51 bits per heavy atom. The van der Waals surface area contributed by atoms with Gasteiger partial charge in [0.2, 0.25) is 0 Å². The van der Waals surface area contributed by atoms with Crippen LogP contribution in [0.5, 0.6) is 0 Å².